The van der Waals surface area contributed by atoms with Crippen molar-refractivity contribution >= 4 is 27.8 Å². The molecule has 1 N–H and O–H groups in total. The van der Waals surface area contributed by atoms with E-state index in [4.69, 9.17) is 9.47 Å². The van der Waals surface area contributed by atoms with Gasteiger partial charge in [0.25, 0.3) is 0 Å². The van der Waals surface area contributed by atoms with E-state index in [9.17, 15) is 13.2 Å². The standard InChI is InChI=1S/C19H33NO5S2/c1-3-4-5-10-24-19(21)18-13(2)25-16-9-8-14(12-15(16)18)20-27(22,23)17-7-6-11-26-17/h13-18,20H,3-12H2,1-2H3. The molecule has 0 bridgehead atoms. The van der Waals surface area contributed by atoms with Crippen molar-refractivity contribution in [3.8, 4) is 0 Å². The van der Waals surface area contributed by atoms with Crippen LogP contribution in [0.1, 0.15) is 65.2 Å². The molecule has 0 aromatic heterocycles. The second kappa shape index (κ2) is 9.46. The number of rotatable bonds is 8. The number of unbranched alkanes of at least 4 members (excludes halogenated alkanes) is 2. The molecule has 156 valence electrons. The van der Waals surface area contributed by atoms with Crippen molar-refractivity contribution in [2.45, 2.75) is 88.0 Å². The number of carbonyl (C=O) groups excluding carboxylic acids is 1. The van der Waals surface area contributed by atoms with Crippen LogP contribution < -0.4 is 4.72 Å². The molecule has 0 radical (unpaired) electrons. The summed E-state index contributed by atoms with van der Waals surface area (Å²) in [5, 5.41) is 0. The molecule has 6 unspecified atom stereocenters. The number of hydrogen-bond donors (Lipinski definition) is 1. The molecule has 3 fully saturated rings. The quantitative estimate of drug-likeness (QED) is 0.481. The average molecular weight is 420 g/mol. The third-order valence-corrected chi connectivity index (χ3v) is 9.91. The number of sulfonamides is 1. The first kappa shape index (κ1) is 21.4. The Morgan fingerprint density at radius 1 is 1.26 bits per heavy atom. The average Bonchev–Trinajstić information content (AvgIpc) is 3.26. The zero-order chi connectivity index (χ0) is 19.4. The first-order valence-corrected chi connectivity index (χ1v) is 13.0. The number of hydrogen-bond acceptors (Lipinski definition) is 6. The summed E-state index contributed by atoms with van der Waals surface area (Å²) < 4.78 is 39.4. The summed E-state index contributed by atoms with van der Waals surface area (Å²) in [4.78, 5) is 12.6. The van der Waals surface area contributed by atoms with Crippen molar-refractivity contribution in [2.75, 3.05) is 12.4 Å². The first-order valence-electron chi connectivity index (χ1n) is 10.4. The fourth-order valence-electron chi connectivity index (χ4n) is 4.63. The van der Waals surface area contributed by atoms with Crippen LogP contribution in [0.3, 0.4) is 0 Å². The van der Waals surface area contributed by atoms with Crippen molar-refractivity contribution in [3.05, 3.63) is 0 Å². The molecule has 0 aromatic rings. The molecule has 3 rings (SSSR count). The zero-order valence-corrected chi connectivity index (χ0v) is 18.0. The van der Waals surface area contributed by atoms with Gasteiger partial charge >= 0.3 is 5.97 Å². The molecule has 0 spiro atoms. The van der Waals surface area contributed by atoms with Crippen LogP contribution in [0.15, 0.2) is 0 Å². The van der Waals surface area contributed by atoms with Gasteiger partial charge in [0, 0.05) is 12.0 Å². The maximum absolute atomic E-state index is 12.6. The van der Waals surface area contributed by atoms with Crippen LogP contribution in [-0.2, 0) is 24.3 Å². The monoisotopic (exact) mass is 419 g/mol. The van der Waals surface area contributed by atoms with Crippen LogP contribution in [0.2, 0.25) is 0 Å². The molecule has 0 amide bonds. The fraction of sp³-hybridized carbons (Fsp3) is 0.947. The molecule has 2 heterocycles. The first-order chi connectivity index (χ1) is 12.9. The van der Waals surface area contributed by atoms with E-state index in [1.807, 2.05) is 6.92 Å². The van der Waals surface area contributed by atoms with Gasteiger partial charge in [0.1, 0.15) is 4.58 Å². The number of fused-ring (bicyclic) bond motifs is 1. The Bertz CT molecular complexity index is 605. The summed E-state index contributed by atoms with van der Waals surface area (Å²) in [6.07, 6.45) is 6.80. The third kappa shape index (κ3) is 5.19. The van der Waals surface area contributed by atoms with Gasteiger partial charge in [-0.15, -0.1) is 11.8 Å². The van der Waals surface area contributed by atoms with Gasteiger partial charge in [-0.05, 0) is 51.2 Å². The van der Waals surface area contributed by atoms with E-state index in [1.165, 1.54) is 11.8 Å². The van der Waals surface area contributed by atoms with Crippen molar-refractivity contribution < 1.29 is 22.7 Å². The molecular weight excluding hydrogens is 386 g/mol. The smallest absolute Gasteiger partial charge is 0.311 e. The molecule has 2 aliphatic heterocycles. The summed E-state index contributed by atoms with van der Waals surface area (Å²) in [5.41, 5.74) is 0. The molecule has 6 nitrogen and oxygen atoms in total. The number of nitrogens with one attached hydrogen (secondary N) is 1. The zero-order valence-electron chi connectivity index (χ0n) is 16.4. The van der Waals surface area contributed by atoms with Crippen molar-refractivity contribution in [1.82, 2.24) is 4.72 Å². The van der Waals surface area contributed by atoms with Crippen molar-refractivity contribution in [1.29, 1.82) is 0 Å². The molecule has 6 atom stereocenters. The van der Waals surface area contributed by atoms with Gasteiger partial charge in [0.05, 0.1) is 24.7 Å². The van der Waals surface area contributed by atoms with E-state index < -0.39 is 10.0 Å². The van der Waals surface area contributed by atoms with E-state index in [1.54, 1.807) is 0 Å². The lowest BCUT2D eigenvalue weighted by Gasteiger charge is -2.33. The van der Waals surface area contributed by atoms with Gasteiger partial charge in [-0.25, -0.2) is 13.1 Å². The van der Waals surface area contributed by atoms with Crippen molar-refractivity contribution in [2.24, 2.45) is 11.8 Å². The highest BCUT2D eigenvalue weighted by Gasteiger charge is 2.50. The summed E-state index contributed by atoms with van der Waals surface area (Å²) in [5.74, 6) is 0.486. The number of esters is 1. The van der Waals surface area contributed by atoms with Crippen LogP contribution >= 0.6 is 11.8 Å². The second-order valence-corrected chi connectivity index (χ2v) is 11.6. The minimum absolute atomic E-state index is 0.0369. The third-order valence-electron chi connectivity index (χ3n) is 6.02. The Morgan fingerprint density at radius 3 is 2.78 bits per heavy atom. The molecule has 1 aliphatic carbocycles. The van der Waals surface area contributed by atoms with Gasteiger partial charge in [-0.3, -0.25) is 4.79 Å². The van der Waals surface area contributed by atoms with Crippen LogP contribution in [0.4, 0.5) is 0 Å². The van der Waals surface area contributed by atoms with Gasteiger partial charge in [0.2, 0.25) is 10.0 Å². The Labute approximate surface area is 167 Å². The highest BCUT2D eigenvalue weighted by atomic mass is 32.3. The highest BCUT2D eigenvalue weighted by molar-refractivity contribution is 8.13. The van der Waals surface area contributed by atoms with Gasteiger partial charge < -0.3 is 9.47 Å². The van der Waals surface area contributed by atoms with E-state index in [0.717, 1.165) is 50.7 Å². The van der Waals surface area contributed by atoms with Crippen LogP contribution in [0.5, 0.6) is 0 Å². The van der Waals surface area contributed by atoms with Crippen LogP contribution in [0, 0.1) is 11.8 Å². The van der Waals surface area contributed by atoms with Crippen LogP contribution in [0.25, 0.3) is 0 Å². The van der Waals surface area contributed by atoms with Crippen molar-refractivity contribution in [3.63, 3.8) is 0 Å². The topological polar surface area (TPSA) is 81.7 Å². The number of carbonyl (C=O) groups is 1. The summed E-state index contributed by atoms with van der Waals surface area (Å²) >= 11 is 1.53. The second-order valence-electron chi connectivity index (χ2n) is 8.06. The Morgan fingerprint density at radius 2 is 2.07 bits per heavy atom. The number of thioether (sulfide) groups is 1. The maximum atomic E-state index is 12.6. The Hall–Kier alpha value is -0.310. The molecule has 27 heavy (non-hydrogen) atoms. The summed E-state index contributed by atoms with van der Waals surface area (Å²) in [7, 11) is -3.30. The molecular formula is C19H33NO5S2. The highest BCUT2D eigenvalue weighted by Crippen LogP contribution is 2.42. The lowest BCUT2D eigenvalue weighted by atomic mass is 9.77. The SMILES string of the molecule is CCCCCOC(=O)C1C(C)OC2CCC(NS(=O)(=O)C3CCCS3)CC21. The molecule has 1 saturated carbocycles. The Balaban J connectivity index is 1.58. The van der Waals surface area contributed by atoms with E-state index >= 15 is 0 Å². The normalized spacial score (nSPS) is 36.5. The number of ether oxygens (including phenoxy) is 2. The minimum atomic E-state index is -3.30. The van der Waals surface area contributed by atoms with E-state index in [2.05, 4.69) is 11.6 Å². The Kier molecular flexibility index (Phi) is 7.50. The minimum Gasteiger partial charge on any atom is -0.465 e. The largest absolute Gasteiger partial charge is 0.465 e. The lowest BCUT2D eigenvalue weighted by molar-refractivity contribution is -0.151. The van der Waals surface area contributed by atoms with E-state index in [-0.39, 0.29) is 40.6 Å². The molecule has 2 saturated heterocycles. The van der Waals surface area contributed by atoms with Gasteiger partial charge in [-0.2, -0.15) is 0 Å². The summed E-state index contributed by atoms with van der Waals surface area (Å²) in [6, 6.07) is -0.109. The van der Waals surface area contributed by atoms with Gasteiger partial charge in [-0.1, -0.05) is 19.8 Å². The predicted octanol–water partition coefficient (Wildman–Crippen LogP) is 3.06. The maximum Gasteiger partial charge on any atom is 0.311 e. The van der Waals surface area contributed by atoms with E-state index in [0.29, 0.717) is 13.0 Å². The van der Waals surface area contributed by atoms with Gasteiger partial charge in [0.15, 0.2) is 0 Å². The lowest BCUT2D eigenvalue weighted by Crippen LogP contribution is -2.45. The predicted molar refractivity (Wildman–Crippen MR) is 107 cm³/mol. The molecule has 0 aromatic carbocycles. The molecule has 8 heteroatoms. The molecule has 3 aliphatic rings. The van der Waals surface area contributed by atoms with Crippen LogP contribution in [-0.4, -0.2) is 49.6 Å². The fourth-order valence-corrected chi connectivity index (χ4v) is 8.04. The summed E-state index contributed by atoms with van der Waals surface area (Å²) in [6.45, 7) is 4.51.